The second kappa shape index (κ2) is 7.84. The van der Waals surface area contributed by atoms with Crippen molar-refractivity contribution in [2.24, 2.45) is 0 Å². The highest BCUT2D eigenvalue weighted by molar-refractivity contribution is 5.94. The first kappa shape index (κ1) is 18.2. The van der Waals surface area contributed by atoms with Gasteiger partial charge in [-0.2, -0.15) is 5.10 Å². The number of carbonyl (C=O) groups is 1. The lowest BCUT2D eigenvalue weighted by atomic mass is 9.88. The molecule has 144 valence electrons. The molecule has 1 fully saturated rings. The molecule has 0 aliphatic carbocycles. The van der Waals surface area contributed by atoms with E-state index in [1.54, 1.807) is 19.3 Å². The summed E-state index contributed by atoms with van der Waals surface area (Å²) in [5, 5.41) is 10.3. The Hall–Kier alpha value is -3.15. The Bertz CT molecular complexity index is 972. The zero-order valence-corrected chi connectivity index (χ0v) is 16.3. The number of aromatic amines is 1. The molecule has 1 amide bonds. The van der Waals surface area contributed by atoms with Crippen LogP contribution in [-0.4, -0.2) is 41.2 Å². The number of aryl methyl sites for hydroxylation is 1. The van der Waals surface area contributed by atoms with Gasteiger partial charge in [0.25, 0.3) is 5.91 Å². The average Bonchev–Trinajstić information content (AvgIpc) is 3.23. The fraction of sp³-hybridized carbons (Fsp3) is 0.318. The molecule has 0 bridgehead atoms. The maximum Gasteiger partial charge on any atom is 0.251 e. The van der Waals surface area contributed by atoms with Crippen molar-refractivity contribution in [2.75, 3.05) is 25.0 Å². The van der Waals surface area contributed by atoms with Gasteiger partial charge in [-0.05, 0) is 43.0 Å². The summed E-state index contributed by atoms with van der Waals surface area (Å²) in [4.78, 5) is 18.6. The highest BCUT2D eigenvalue weighted by Gasteiger charge is 2.25. The smallest absolute Gasteiger partial charge is 0.251 e. The third-order valence-electron chi connectivity index (χ3n) is 5.57. The molecule has 2 N–H and O–H groups in total. The van der Waals surface area contributed by atoms with Gasteiger partial charge in [-0.25, -0.2) is 4.98 Å². The van der Waals surface area contributed by atoms with Gasteiger partial charge in [0.2, 0.25) is 0 Å². The van der Waals surface area contributed by atoms with E-state index in [1.165, 1.54) is 22.4 Å². The number of H-pyrrole nitrogens is 1. The summed E-state index contributed by atoms with van der Waals surface area (Å²) in [6.45, 7) is 3.95. The van der Waals surface area contributed by atoms with Crippen LogP contribution in [0.25, 0.3) is 11.1 Å². The fourth-order valence-corrected chi connectivity index (χ4v) is 3.97. The van der Waals surface area contributed by atoms with Gasteiger partial charge in [-0.3, -0.25) is 9.89 Å². The van der Waals surface area contributed by atoms with Crippen molar-refractivity contribution in [3.05, 3.63) is 65.6 Å². The van der Waals surface area contributed by atoms with Crippen molar-refractivity contribution >= 4 is 11.7 Å². The summed E-state index contributed by atoms with van der Waals surface area (Å²) in [6, 6.07) is 12.1. The van der Waals surface area contributed by atoms with E-state index in [-0.39, 0.29) is 5.91 Å². The summed E-state index contributed by atoms with van der Waals surface area (Å²) < 4.78 is 0. The van der Waals surface area contributed by atoms with Crippen LogP contribution in [0.1, 0.15) is 40.4 Å². The largest absolute Gasteiger partial charge is 0.357 e. The maximum absolute atomic E-state index is 11.9. The average molecular weight is 375 g/mol. The van der Waals surface area contributed by atoms with Crippen molar-refractivity contribution in [1.82, 2.24) is 20.5 Å². The summed E-state index contributed by atoms with van der Waals surface area (Å²) in [7, 11) is 1.64. The topological polar surface area (TPSA) is 73.9 Å². The van der Waals surface area contributed by atoms with E-state index in [2.05, 4.69) is 56.6 Å². The first-order chi connectivity index (χ1) is 13.7. The standard InChI is InChI=1S/C22H25N5O/c1-15-5-3-4-6-18(15)19-14-25-26-21(19)16-8-11-27(12-9-16)20-13-17(7-10-24-20)22(28)23-2/h3-7,10,13-14,16H,8-9,11-12H2,1-2H3,(H,23,28)(H,25,26). The predicted molar refractivity (Wildman–Crippen MR) is 111 cm³/mol. The molecule has 0 radical (unpaired) electrons. The SMILES string of the molecule is CNC(=O)c1ccnc(N2CCC(c3[nH]ncc3-c3ccccc3C)CC2)c1. The Morgan fingerprint density at radius 1 is 1.18 bits per heavy atom. The number of nitrogens with one attached hydrogen (secondary N) is 2. The lowest BCUT2D eigenvalue weighted by molar-refractivity contribution is 0.0963. The number of aromatic nitrogens is 3. The number of benzene rings is 1. The van der Waals surface area contributed by atoms with E-state index in [0.717, 1.165) is 31.7 Å². The molecule has 28 heavy (non-hydrogen) atoms. The number of pyridine rings is 1. The number of hydrogen-bond donors (Lipinski definition) is 2. The third-order valence-corrected chi connectivity index (χ3v) is 5.57. The Morgan fingerprint density at radius 2 is 1.96 bits per heavy atom. The molecule has 1 aromatic carbocycles. The summed E-state index contributed by atoms with van der Waals surface area (Å²) >= 11 is 0. The van der Waals surface area contributed by atoms with Crippen LogP contribution in [0.2, 0.25) is 0 Å². The van der Waals surface area contributed by atoms with Gasteiger partial charge in [0.05, 0.1) is 6.20 Å². The van der Waals surface area contributed by atoms with Crippen LogP contribution in [0, 0.1) is 6.92 Å². The van der Waals surface area contributed by atoms with E-state index >= 15 is 0 Å². The number of hydrogen-bond acceptors (Lipinski definition) is 4. The second-order valence-corrected chi connectivity index (χ2v) is 7.26. The molecule has 0 spiro atoms. The second-order valence-electron chi connectivity index (χ2n) is 7.26. The zero-order valence-electron chi connectivity index (χ0n) is 16.3. The highest BCUT2D eigenvalue weighted by atomic mass is 16.1. The van der Waals surface area contributed by atoms with Crippen LogP contribution < -0.4 is 10.2 Å². The van der Waals surface area contributed by atoms with Gasteiger partial charge in [0, 0.05) is 49.1 Å². The van der Waals surface area contributed by atoms with Crippen LogP contribution in [0.15, 0.2) is 48.8 Å². The van der Waals surface area contributed by atoms with Gasteiger partial charge < -0.3 is 10.2 Å². The third kappa shape index (κ3) is 3.50. The molecule has 0 unspecified atom stereocenters. The first-order valence-corrected chi connectivity index (χ1v) is 9.69. The highest BCUT2D eigenvalue weighted by Crippen LogP contribution is 2.35. The normalized spacial score (nSPS) is 14.9. The van der Waals surface area contributed by atoms with Crippen LogP contribution in [0.5, 0.6) is 0 Å². The van der Waals surface area contributed by atoms with E-state index in [0.29, 0.717) is 11.5 Å². The molecule has 3 heterocycles. The summed E-state index contributed by atoms with van der Waals surface area (Å²) in [5.41, 5.74) is 5.58. The minimum atomic E-state index is -0.0844. The summed E-state index contributed by atoms with van der Waals surface area (Å²) in [5.74, 6) is 1.22. The number of rotatable bonds is 4. The van der Waals surface area contributed by atoms with Gasteiger partial charge in [0.1, 0.15) is 5.82 Å². The van der Waals surface area contributed by atoms with E-state index in [9.17, 15) is 4.79 Å². The zero-order chi connectivity index (χ0) is 19.5. The molecular weight excluding hydrogens is 350 g/mol. The molecular formula is C22H25N5O. The maximum atomic E-state index is 11.9. The number of piperidine rings is 1. The Kier molecular flexibility index (Phi) is 5.10. The molecule has 4 rings (SSSR count). The first-order valence-electron chi connectivity index (χ1n) is 9.69. The van der Waals surface area contributed by atoms with Crippen LogP contribution in [0.4, 0.5) is 5.82 Å². The number of anilines is 1. The fourth-order valence-electron chi connectivity index (χ4n) is 3.97. The predicted octanol–water partition coefficient (Wildman–Crippen LogP) is 3.52. The van der Waals surface area contributed by atoms with E-state index in [1.807, 2.05) is 12.3 Å². The lowest BCUT2D eigenvalue weighted by Crippen LogP contribution is -2.34. The molecule has 1 aliphatic rings. The number of nitrogens with zero attached hydrogens (tertiary/aromatic N) is 3. The minimum absolute atomic E-state index is 0.0844. The quantitative estimate of drug-likeness (QED) is 0.732. The van der Waals surface area contributed by atoms with E-state index < -0.39 is 0 Å². The van der Waals surface area contributed by atoms with E-state index in [4.69, 9.17) is 0 Å². The van der Waals surface area contributed by atoms with Crippen LogP contribution in [-0.2, 0) is 0 Å². The van der Waals surface area contributed by atoms with Crippen molar-refractivity contribution in [1.29, 1.82) is 0 Å². The van der Waals surface area contributed by atoms with Crippen molar-refractivity contribution in [3.8, 4) is 11.1 Å². The van der Waals surface area contributed by atoms with Gasteiger partial charge in [-0.1, -0.05) is 24.3 Å². The molecule has 2 aromatic heterocycles. The van der Waals surface area contributed by atoms with Gasteiger partial charge in [0.15, 0.2) is 0 Å². The summed E-state index contributed by atoms with van der Waals surface area (Å²) in [6.07, 6.45) is 5.69. The van der Waals surface area contributed by atoms with Gasteiger partial charge in [-0.15, -0.1) is 0 Å². The molecule has 1 saturated heterocycles. The monoisotopic (exact) mass is 375 g/mol. The number of carbonyl (C=O) groups excluding carboxylic acids is 1. The molecule has 0 atom stereocenters. The number of amides is 1. The van der Waals surface area contributed by atoms with Crippen molar-refractivity contribution in [3.63, 3.8) is 0 Å². The Morgan fingerprint density at radius 3 is 2.71 bits per heavy atom. The van der Waals surface area contributed by atoms with Crippen molar-refractivity contribution < 1.29 is 4.79 Å². The Labute approximate surface area is 165 Å². The minimum Gasteiger partial charge on any atom is -0.357 e. The van der Waals surface area contributed by atoms with Crippen LogP contribution in [0.3, 0.4) is 0 Å². The Balaban J connectivity index is 1.50. The molecule has 6 nitrogen and oxygen atoms in total. The molecule has 6 heteroatoms. The van der Waals surface area contributed by atoms with Gasteiger partial charge >= 0.3 is 0 Å². The molecule has 0 saturated carbocycles. The molecule has 1 aliphatic heterocycles. The lowest BCUT2D eigenvalue weighted by Gasteiger charge is -2.33. The van der Waals surface area contributed by atoms with Crippen LogP contribution >= 0.6 is 0 Å². The van der Waals surface area contributed by atoms with Crippen molar-refractivity contribution in [2.45, 2.75) is 25.7 Å². The molecule has 3 aromatic rings.